The zero-order valence-corrected chi connectivity index (χ0v) is 21.5. The molecule has 2 aliphatic carbocycles. The lowest BCUT2D eigenvalue weighted by molar-refractivity contribution is 0.232. The van der Waals surface area contributed by atoms with Crippen molar-refractivity contribution in [2.45, 2.75) is 102 Å². The molecule has 0 aromatic heterocycles. The van der Waals surface area contributed by atoms with Gasteiger partial charge in [0.1, 0.15) is 0 Å². The smallest absolute Gasteiger partial charge is 0.322 e. The van der Waals surface area contributed by atoms with Gasteiger partial charge < -0.3 is 10.6 Å². The van der Waals surface area contributed by atoms with Gasteiger partial charge in [0.05, 0.1) is 11.7 Å². The zero-order chi connectivity index (χ0) is 24.9. The summed E-state index contributed by atoms with van der Waals surface area (Å²) in [7, 11) is 0. The van der Waals surface area contributed by atoms with E-state index < -0.39 is 0 Å². The molecule has 2 atom stereocenters. The molecule has 0 saturated heterocycles. The first kappa shape index (κ1) is 24.7. The lowest BCUT2D eigenvalue weighted by Gasteiger charge is -2.44. The van der Waals surface area contributed by atoms with Gasteiger partial charge in [0.25, 0.3) is 0 Å². The third-order valence-corrected chi connectivity index (χ3v) is 8.21. The first-order valence-corrected chi connectivity index (χ1v) is 13.9. The van der Waals surface area contributed by atoms with E-state index in [1.165, 1.54) is 38.5 Å². The average Bonchev–Trinajstić information content (AvgIpc) is 2.90. The largest absolute Gasteiger partial charge is 0.335 e. The van der Waals surface area contributed by atoms with Crippen molar-refractivity contribution in [3.63, 3.8) is 0 Å². The Morgan fingerprint density at radius 2 is 1.36 bits per heavy atom. The molecule has 0 spiro atoms. The second-order valence-corrected chi connectivity index (χ2v) is 10.8. The Morgan fingerprint density at radius 1 is 0.778 bits per heavy atom. The van der Waals surface area contributed by atoms with E-state index in [1.807, 2.05) is 58.3 Å². The maximum Gasteiger partial charge on any atom is 0.322 e. The first-order valence-electron chi connectivity index (χ1n) is 13.9. The van der Waals surface area contributed by atoms with E-state index in [2.05, 4.69) is 23.6 Å². The minimum Gasteiger partial charge on any atom is -0.335 e. The van der Waals surface area contributed by atoms with Crippen LogP contribution >= 0.6 is 0 Å². The molecule has 0 radical (unpaired) electrons. The topological polar surface area (TPSA) is 64.7 Å². The van der Waals surface area contributed by atoms with Gasteiger partial charge in [-0.3, -0.25) is 9.80 Å². The number of urea groups is 2. The van der Waals surface area contributed by atoms with Gasteiger partial charge in [-0.25, -0.2) is 9.59 Å². The van der Waals surface area contributed by atoms with Crippen LogP contribution in [0.4, 0.5) is 21.0 Å². The van der Waals surface area contributed by atoms with E-state index in [4.69, 9.17) is 0 Å². The molecular weight excluding hydrogens is 448 g/mol. The fraction of sp³-hybridized carbons (Fsp3) is 0.533. The number of nitrogens with one attached hydrogen (secondary N) is 2. The molecule has 3 aliphatic rings. The summed E-state index contributed by atoms with van der Waals surface area (Å²) in [6.07, 6.45) is 12.1. The highest BCUT2D eigenvalue weighted by Gasteiger charge is 2.39. The molecular formula is C30H40N4O2. The van der Waals surface area contributed by atoms with Crippen LogP contribution in [0.5, 0.6) is 0 Å². The summed E-state index contributed by atoms with van der Waals surface area (Å²) >= 11 is 0. The van der Waals surface area contributed by atoms with Gasteiger partial charge in [-0.2, -0.15) is 0 Å². The van der Waals surface area contributed by atoms with E-state index in [1.54, 1.807) is 0 Å². The number of nitrogens with zero attached hydrogens (tertiary/aromatic N) is 2. The minimum absolute atomic E-state index is 0.0155. The van der Waals surface area contributed by atoms with Crippen molar-refractivity contribution in [2.24, 2.45) is 0 Å². The number of para-hydroxylation sites is 2. The van der Waals surface area contributed by atoms with Crippen molar-refractivity contribution in [1.29, 1.82) is 0 Å². The Morgan fingerprint density at radius 3 is 2.03 bits per heavy atom. The Hall–Kier alpha value is -3.02. The van der Waals surface area contributed by atoms with Gasteiger partial charge in [-0.15, -0.1) is 0 Å². The Balaban J connectivity index is 1.44. The number of carbonyl (C=O) groups is 2. The summed E-state index contributed by atoms with van der Waals surface area (Å²) in [4.78, 5) is 31.2. The number of anilines is 2. The summed E-state index contributed by atoms with van der Waals surface area (Å²) in [5.41, 5.74) is 2.82. The molecule has 36 heavy (non-hydrogen) atoms. The van der Waals surface area contributed by atoms with E-state index in [-0.39, 0.29) is 36.2 Å². The quantitative estimate of drug-likeness (QED) is 0.491. The molecule has 0 unspecified atom stereocenters. The van der Waals surface area contributed by atoms with Gasteiger partial charge in [-0.1, -0.05) is 74.9 Å². The second-order valence-electron chi connectivity index (χ2n) is 10.8. The van der Waals surface area contributed by atoms with Crippen molar-refractivity contribution in [3.05, 3.63) is 60.2 Å². The molecule has 1 aliphatic heterocycles. The summed E-state index contributed by atoms with van der Waals surface area (Å²) in [5.74, 6) is 0. The zero-order valence-electron chi connectivity index (χ0n) is 21.5. The molecule has 2 fully saturated rings. The SMILES string of the molecule is C[C@@H]1C[C@H](N(C(=O)NC2CCCCC2)c2ccccc2)c2ccccc2N1C(=O)NC1CCCCC1. The van der Waals surface area contributed by atoms with Crippen LogP contribution < -0.4 is 20.4 Å². The Kier molecular flexibility index (Phi) is 7.78. The number of carbonyl (C=O) groups excluding carboxylic acids is 2. The standard InChI is InChI=1S/C30H40N4O2/c1-22-21-28(34(25-17-9-4-10-18-25)30(36)32-24-15-7-3-8-16-24)26-19-11-12-20-27(26)33(22)29(35)31-23-13-5-2-6-14-23/h4,9-12,17-20,22-24,28H,2-3,5-8,13-16,21H2,1H3,(H,31,35)(H,32,36)/t22-,28+/m1/s1. The van der Waals surface area contributed by atoms with Gasteiger partial charge in [0.15, 0.2) is 0 Å². The average molecular weight is 489 g/mol. The molecule has 2 N–H and O–H groups in total. The van der Waals surface area contributed by atoms with Crippen LogP contribution in [0.15, 0.2) is 54.6 Å². The Bertz CT molecular complexity index is 1030. The van der Waals surface area contributed by atoms with E-state index in [9.17, 15) is 9.59 Å². The number of hydrogen-bond donors (Lipinski definition) is 2. The lowest BCUT2D eigenvalue weighted by atomic mass is 9.90. The summed E-state index contributed by atoms with van der Waals surface area (Å²) in [6.45, 7) is 2.10. The van der Waals surface area contributed by atoms with Crippen molar-refractivity contribution in [2.75, 3.05) is 9.80 Å². The predicted octanol–water partition coefficient (Wildman–Crippen LogP) is 6.92. The van der Waals surface area contributed by atoms with Gasteiger partial charge in [0.2, 0.25) is 0 Å². The molecule has 2 aromatic carbocycles. The molecule has 192 valence electrons. The van der Waals surface area contributed by atoms with E-state index in [0.717, 1.165) is 42.6 Å². The molecule has 6 nitrogen and oxygen atoms in total. The highest BCUT2D eigenvalue weighted by Crippen LogP contribution is 2.42. The summed E-state index contributed by atoms with van der Waals surface area (Å²) in [5, 5.41) is 6.65. The third-order valence-electron chi connectivity index (χ3n) is 8.21. The van der Waals surface area contributed by atoms with Crippen molar-refractivity contribution < 1.29 is 9.59 Å². The lowest BCUT2D eigenvalue weighted by Crippen LogP contribution is -2.54. The summed E-state index contributed by atoms with van der Waals surface area (Å²) < 4.78 is 0. The molecule has 6 heteroatoms. The molecule has 0 bridgehead atoms. The van der Waals surface area contributed by atoms with Crippen LogP contribution in [0.1, 0.15) is 89.2 Å². The predicted molar refractivity (Wildman–Crippen MR) is 145 cm³/mol. The minimum atomic E-state index is -0.152. The fourth-order valence-corrected chi connectivity index (χ4v) is 6.35. The monoisotopic (exact) mass is 488 g/mol. The maximum absolute atomic E-state index is 13.8. The van der Waals surface area contributed by atoms with Crippen LogP contribution in [0.2, 0.25) is 0 Å². The molecule has 1 heterocycles. The molecule has 4 amide bonds. The van der Waals surface area contributed by atoms with Crippen molar-refractivity contribution >= 4 is 23.4 Å². The van der Waals surface area contributed by atoms with Crippen LogP contribution in [-0.2, 0) is 0 Å². The number of fused-ring (bicyclic) bond motifs is 1. The van der Waals surface area contributed by atoms with Crippen LogP contribution in [0.25, 0.3) is 0 Å². The van der Waals surface area contributed by atoms with Gasteiger partial charge in [-0.05, 0) is 62.8 Å². The number of hydrogen-bond acceptors (Lipinski definition) is 2. The van der Waals surface area contributed by atoms with E-state index >= 15 is 0 Å². The number of amides is 4. The highest BCUT2D eigenvalue weighted by molar-refractivity contribution is 5.97. The van der Waals surface area contributed by atoms with Crippen molar-refractivity contribution in [1.82, 2.24) is 10.6 Å². The molecule has 2 aromatic rings. The van der Waals surface area contributed by atoms with E-state index in [0.29, 0.717) is 6.42 Å². The first-order chi connectivity index (χ1) is 17.6. The van der Waals surface area contributed by atoms with Gasteiger partial charge >= 0.3 is 12.1 Å². The van der Waals surface area contributed by atoms with Gasteiger partial charge in [0, 0.05) is 23.8 Å². The fourth-order valence-electron chi connectivity index (χ4n) is 6.35. The third kappa shape index (κ3) is 5.37. The summed E-state index contributed by atoms with van der Waals surface area (Å²) in [6, 6.07) is 18.3. The maximum atomic E-state index is 13.8. The highest BCUT2D eigenvalue weighted by atomic mass is 16.2. The van der Waals surface area contributed by atoms with Crippen LogP contribution in [0, 0.1) is 0 Å². The Labute approximate surface area is 215 Å². The number of benzene rings is 2. The van der Waals surface area contributed by atoms with Crippen LogP contribution in [-0.4, -0.2) is 30.2 Å². The number of rotatable bonds is 4. The molecule has 2 saturated carbocycles. The second kappa shape index (κ2) is 11.4. The van der Waals surface area contributed by atoms with Crippen molar-refractivity contribution in [3.8, 4) is 0 Å². The van der Waals surface area contributed by atoms with Crippen LogP contribution in [0.3, 0.4) is 0 Å². The molecule has 5 rings (SSSR count). The normalized spacial score (nSPS) is 23.0.